The minimum Gasteiger partial charge on any atom is -0.322 e. The maximum atomic E-state index is 13.4. The van der Waals surface area contributed by atoms with Gasteiger partial charge < -0.3 is 5.32 Å². The number of pyridine rings is 1. The van der Waals surface area contributed by atoms with Crippen molar-refractivity contribution in [2.24, 2.45) is 0 Å². The molecule has 1 amide bonds. The van der Waals surface area contributed by atoms with Crippen molar-refractivity contribution in [3.8, 4) is 22.4 Å². The molecule has 0 spiro atoms. The number of anilines is 1. The summed E-state index contributed by atoms with van der Waals surface area (Å²) in [6.07, 6.45) is 4.83. The van der Waals surface area contributed by atoms with Gasteiger partial charge in [-0.05, 0) is 90.5 Å². The largest absolute Gasteiger partial charge is 0.322 e. The maximum Gasteiger partial charge on any atom is 0.256 e. The molecule has 1 N–H and O–H groups in total. The lowest BCUT2D eigenvalue weighted by Gasteiger charge is -2.15. The van der Waals surface area contributed by atoms with Crippen LogP contribution in [0.25, 0.3) is 22.4 Å². The fourth-order valence-electron chi connectivity index (χ4n) is 3.76. The number of carbonyl (C=O) groups is 1. The van der Waals surface area contributed by atoms with Gasteiger partial charge in [-0.25, -0.2) is 8.42 Å². The van der Waals surface area contributed by atoms with Crippen LogP contribution in [0.2, 0.25) is 5.02 Å². The molecule has 206 valence electrons. The molecule has 1 heterocycles. The van der Waals surface area contributed by atoms with E-state index in [0.29, 0.717) is 22.0 Å². The number of aryl methyl sites for hydroxylation is 1. The summed E-state index contributed by atoms with van der Waals surface area (Å²) in [5, 5.41) is 3.51. The zero-order valence-electron chi connectivity index (χ0n) is 23.4. The van der Waals surface area contributed by atoms with Crippen LogP contribution >= 0.6 is 23.4 Å². The zero-order chi connectivity index (χ0) is 29.2. The number of halogens is 1. The van der Waals surface area contributed by atoms with Crippen LogP contribution in [0.4, 0.5) is 5.69 Å². The average Bonchev–Trinajstić information content (AvgIpc) is 2.95. The fourth-order valence-corrected chi connectivity index (χ4v) is 5.12. The van der Waals surface area contributed by atoms with E-state index in [1.54, 1.807) is 60.4 Å². The molecule has 4 aromatic rings. The van der Waals surface area contributed by atoms with Gasteiger partial charge in [0.1, 0.15) is 0 Å². The third kappa shape index (κ3) is 8.18. The molecule has 0 aliphatic carbocycles. The summed E-state index contributed by atoms with van der Waals surface area (Å²) < 4.78 is 24.0. The van der Waals surface area contributed by atoms with E-state index in [2.05, 4.69) is 10.3 Å². The van der Waals surface area contributed by atoms with Gasteiger partial charge in [0.05, 0.1) is 15.6 Å². The summed E-state index contributed by atoms with van der Waals surface area (Å²) in [6.45, 7) is 9.84. The molecular weight excluding hydrogens is 548 g/mol. The molecule has 1 aromatic heterocycles. The van der Waals surface area contributed by atoms with E-state index in [9.17, 15) is 13.2 Å². The highest BCUT2D eigenvalue weighted by Crippen LogP contribution is 2.33. The quantitative estimate of drug-likeness (QED) is 0.230. The Kier molecular flexibility index (Phi) is 12.2. The second-order valence-electron chi connectivity index (χ2n) is 8.02. The van der Waals surface area contributed by atoms with E-state index < -0.39 is 9.84 Å². The molecule has 0 atom stereocenters. The summed E-state index contributed by atoms with van der Waals surface area (Å²) in [4.78, 5) is 19.0. The molecule has 0 saturated heterocycles. The summed E-state index contributed by atoms with van der Waals surface area (Å²) in [7, 11) is -3.33. The predicted molar refractivity (Wildman–Crippen MR) is 167 cm³/mol. The molecule has 0 saturated carbocycles. The van der Waals surface area contributed by atoms with Gasteiger partial charge in [0.15, 0.2) is 9.84 Å². The van der Waals surface area contributed by atoms with Crippen LogP contribution in [0.3, 0.4) is 0 Å². The predicted octanol–water partition coefficient (Wildman–Crippen LogP) is 8.81. The summed E-state index contributed by atoms with van der Waals surface area (Å²) in [6, 6.07) is 21.4. The van der Waals surface area contributed by atoms with E-state index in [1.807, 2.05) is 71.2 Å². The third-order valence-corrected chi connectivity index (χ3v) is 7.72. The highest BCUT2D eigenvalue weighted by Gasteiger charge is 2.18. The molecule has 0 radical (unpaired) electrons. The Morgan fingerprint density at radius 3 is 2.18 bits per heavy atom. The number of sulfone groups is 1. The van der Waals surface area contributed by atoms with E-state index in [-0.39, 0.29) is 10.8 Å². The minimum atomic E-state index is -3.33. The summed E-state index contributed by atoms with van der Waals surface area (Å²) in [5.74, 6) is -0.284. The molecule has 0 bridgehead atoms. The number of hydrogen-bond acceptors (Lipinski definition) is 5. The second kappa shape index (κ2) is 14.9. The minimum absolute atomic E-state index is 0.244. The Morgan fingerprint density at radius 1 is 0.872 bits per heavy atom. The number of carbonyl (C=O) groups excluding carboxylic acids is 1. The van der Waals surface area contributed by atoms with Crippen LogP contribution in [0.5, 0.6) is 0 Å². The lowest BCUT2D eigenvalue weighted by Crippen LogP contribution is -2.13. The van der Waals surface area contributed by atoms with Gasteiger partial charge in [-0.1, -0.05) is 51.4 Å². The second-order valence-corrected chi connectivity index (χ2v) is 11.3. The summed E-state index contributed by atoms with van der Waals surface area (Å²) in [5.41, 5.74) is 4.78. The molecular formula is C31H35ClN2O3S2. The van der Waals surface area contributed by atoms with Crippen molar-refractivity contribution >= 4 is 44.8 Å². The summed E-state index contributed by atoms with van der Waals surface area (Å²) >= 11 is 7.95. The molecule has 5 nitrogen and oxygen atoms in total. The van der Waals surface area contributed by atoms with Crippen molar-refractivity contribution in [1.82, 2.24) is 4.98 Å². The first kappa shape index (κ1) is 32.1. The van der Waals surface area contributed by atoms with Gasteiger partial charge in [0, 0.05) is 34.2 Å². The zero-order valence-corrected chi connectivity index (χ0v) is 25.8. The molecule has 0 aliphatic heterocycles. The van der Waals surface area contributed by atoms with Gasteiger partial charge in [-0.15, -0.1) is 11.8 Å². The van der Waals surface area contributed by atoms with Gasteiger partial charge >= 0.3 is 0 Å². The fraction of sp³-hybridized carbons (Fsp3) is 0.226. The monoisotopic (exact) mass is 582 g/mol. The topological polar surface area (TPSA) is 76.1 Å². The third-order valence-electron chi connectivity index (χ3n) is 5.55. The number of aromatic nitrogens is 1. The van der Waals surface area contributed by atoms with Gasteiger partial charge in [0.25, 0.3) is 5.91 Å². The number of amides is 1. The molecule has 4 rings (SSSR count). The Hall–Kier alpha value is -3.13. The van der Waals surface area contributed by atoms with Crippen molar-refractivity contribution in [2.45, 2.75) is 44.4 Å². The Bertz CT molecular complexity index is 1520. The van der Waals surface area contributed by atoms with E-state index in [4.69, 9.17) is 11.6 Å². The SMILES string of the molecule is CC.CC.CSc1ccc(C(=O)Nc2ccc(Cl)c(-c3ccccn3)c2)c(-c2ccc(S(C)(=O)=O)cc2C)c1. The number of nitrogens with one attached hydrogen (secondary N) is 1. The molecule has 39 heavy (non-hydrogen) atoms. The van der Waals surface area contributed by atoms with Crippen molar-refractivity contribution in [1.29, 1.82) is 0 Å². The molecule has 0 unspecified atom stereocenters. The van der Waals surface area contributed by atoms with E-state index in [0.717, 1.165) is 27.1 Å². The molecule has 3 aromatic carbocycles. The van der Waals surface area contributed by atoms with Crippen molar-refractivity contribution in [3.05, 3.63) is 95.1 Å². The lowest BCUT2D eigenvalue weighted by molar-refractivity contribution is 0.102. The van der Waals surface area contributed by atoms with Crippen LogP contribution in [-0.2, 0) is 9.84 Å². The van der Waals surface area contributed by atoms with Crippen LogP contribution in [0, 0.1) is 6.92 Å². The van der Waals surface area contributed by atoms with Crippen LogP contribution < -0.4 is 5.32 Å². The highest BCUT2D eigenvalue weighted by molar-refractivity contribution is 7.98. The smallest absolute Gasteiger partial charge is 0.256 e. The first-order valence-corrected chi connectivity index (χ1v) is 16.2. The van der Waals surface area contributed by atoms with Gasteiger partial charge in [-0.3, -0.25) is 9.78 Å². The Morgan fingerprint density at radius 2 is 1.59 bits per heavy atom. The number of hydrogen-bond donors (Lipinski definition) is 1. The highest BCUT2D eigenvalue weighted by atomic mass is 35.5. The van der Waals surface area contributed by atoms with Crippen LogP contribution in [-0.4, -0.2) is 31.8 Å². The van der Waals surface area contributed by atoms with Crippen LogP contribution in [0.1, 0.15) is 43.6 Å². The number of rotatable bonds is 6. The first-order chi connectivity index (χ1) is 18.7. The normalized spacial score (nSPS) is 10.5. The average molecular weight is 583 g/mol. The molecule has 0 fully saturated rings. The molecule has 0 aliphatic rings. The van der Waals surface area contributed by atoms with E-state index >= 15 is 0 Å². The first-order valence-electron chi connectivity index (χ1n) is 12.7. The molecule has 8 heteroatoms. The number of benzene rings is 3. The number of thioether (sulfide) groups is 1. The standard InChI is InChI=1S/C27H23ClN2O3S2.2C2H6/c1-17-14-20(35(3,32)33)9-11-21(17)23-16-19(34-2)8-10-22(23)27(31)30-18-7-12-25(28)24(15-18)26-6-4-5-13-29-26;2*1-2/h4-16H,1-3H3,(H,30,31);2*1-2H3. The Labute approximate surface area is 242 Å². The van der Waals surface area contributed by atoms with Gasteiger partial charge in [-0.2, -0.15) is 0 Å². The van der Waals surface area contributed by atoms with Crippen molar-refractivity contribution in [3.63, 3.8) is 0 Å². The number of nitrogens with zero attached hydrogens (tertiary/aromatic N) is 1. The van der Waals surface area contributed by atoms with E-state index in [1.165, 1.54) is 6.26 Å². The lowest BCUT2D eigenvalue weighted by atomic mass is 9.95. The van der Waals surface area contributed by atoms with Crippen molar-refractivity contribution in [2.75, 3.05) is 17.8 Å². The van der Waals surface area contributed by atoms with Crippen LogP contribution in [0.15, 0.2) is 88.8 Å². The van der Waals surface area contributed by atoms with Crippen molar-refractivity contribution < 1.29 is 13.2 Å². The van der Waals surface area contributed by atoms with Gasteiger partial charge in [0.2, 0.25) is 0 Å². The Balaban J connectivity index is 0.00000127. The maximum absolute atomic E-state index is 13.4.